The Morgan fingerprint density at radius 2 is 1.86 bits per heavy atom. The van der Waals surface area contributed by atoms with Crippen LogP contribution in [0.5, 0.6) is 0 Å². The Bertz CT molecular complexity index is 322. The molecule has 1 N–H and O–H groups in total. The van der Waals surface area contributed by atoms with Crippen LogP contribution in [-0.4, -0.2) is 20.1 Å². The summed E-state index contributed by atoms with van der Waals surface area (Å²) < 4.78 is 24.9. The van der Waals surface area contributed by atoms with E-state index in [9.17, 15) is 13.2 Å². The van der Waals surface area contributed by atoms with Gasteiger partial charge in [0, 0.05) is 5.41 Å². The lowest BCUT2D eigenvalue weighted by Crippen LogP contribution is -2.40. The fourth-order valence-electron chi connectivity index (χ4n) is 0.931. The van der Waals surface area contributed by atoms with E-state index in [2.05, 4.69) is 4.72 Å². The largest absolute Gasteiger partial charge is 0.273 e. The first-order chi connectivity index (χ1) is 6.21. The lowest BCUT2D eigenvalue weighted by atomic mass is 9.96. The summed E-state index contributed by atoms with van der Waals surface area (Å²) >= 11 is 0. The Hall–Kier alpha value is -0.580. The van der Waals surface area contributed by atoms with Crippen LogP contribution in [0.25, 0.3) is 0 Å². The van der Waals surface area contributed by atoms with Gasteiger partial charge in [-0.3, -0.25) is 9.52 Å². The Morgan fingerprint density at radius 1 is 1.36 bits per heavy atom. The molecule has 1 aliphatic rings. The first-order valence-electron chi connectivity index (χ1n) is 4.76. The number of carbonyl (C=O) groups excluding carboxylic acids is 1. The normalized spacial score (nSPS) is 17.9. The van der Waals surface area contributed by atoms with E-state index in [-0.39, 0.29) is 11.7 Å². The molecular formula is C9H17NO3S. The van der Waals surface area contributed by atoms with Gasteiger partial charge in [0.2, 0.25) is 15.9 Å². The maximum Gasteiger partial charge on any atom is 0.238 e. The molecule has 0 bridgehead atoms. The van der Waals surface area contributed by atoms with E-state index in [4.69, 9.17) is 0 Å². The Kier molecular flexibility index (Phi) is 2.90. The molecule has 0 saturated heterocycles. The van der Waals surface area contributed by atoms with Crippen LogP contribution in [0.3, 0.4) is 0 Å². The number of amides is 1. The average Bonchev–Trinajstić information content (AvgIpc) is 2.66. The van der Waals surface area contributed by atoms with Crippen molar-refractivity contribution in [2.45, 2.75) is 33.6 Å². The van der Waals surface area contributed by atoms with Crippen LogP contribution in [0.15, 0.2) is 0 Å². The van der Waals surface area contributed by atoms with Crippen LogP contribution < -0.4 is 4.72 Å². The molecule has 0 aliphatic heterocycles. The number of rotatable bonds is 3. The molecule has 1 saturated carbocycles. The quantitative estimate of drug-likeness (QED) is 0.766. The van der Waals surface area contributed by atoms with Crippen molar-refractivity contribution in [3.05, 3.63) is 0 Å². The van der Waals surface area contributed by atoms with Crippen LogP contribution in [0.1, 0.15) is 33.6 Å². The first-order valence-corrected chi connectivity index (χ1v) is 6.41. The molecule has 0 radical (unpaired) electrons. The van der Waals surface area contributed by atoms with Crippen LogP contribution in [0.2, 0.25) is 0 Å². The molecule has 0 atom stereocenters. The lowest BCUT2D eigenvalue weighted by Gasteiger charge is -2.17. The minimum Gasteiger partial charge on any atom is -0.273 e. The Balaban J connectivity index is 2.53. The minimum absolute atomic E-state index is 0.0921. The third-order valence-corrected chi connectivity index (χ3v) is 3.49. The predicted octanol–water partition coefficient (Wildman–Crippen LogP) is 0.889. The second-order valence-electron chi connectivity index (χ2n) is 4.91. The highest BCUT2D eigenvalue weighted by molar-refractivity contribution is 7.90. The molecule has 0 unspecified atom stereocenters. The summed E-state index contributed by atoms with van der Waals surface area (Å²) in [6.07, 6.45) is 1.93. The highest BCUT2D eigenvalue weighted by Crippen LogP contribution is 2.30. The SMILES string of the molecule is CC(C)(C)C(=O)NS(=O)(=O)CC1CC1. The maximum absolute atomic E-state index is 11.4. The van der Waals surface area contributed by atoms with Crippen molar-refractivity contribution >= 4 is 15.9 Å². The zero-order chi connectivity index (χ0) is 11.0. The van der Waals surface area contributed by atoms with Crippen LogP contribution >= 0.6 is 0 Å². The molecule has 1 aliphatic carbocycles. The molecule has 0 aromatic heterocycles. The van der Waals surface area contributed by atoms with Crippen molar-refractivity contribution in [2.75, 3.05) is 5.75 Å². The third-order valence-electron chi connectivity index (χ3n) is 2.08. The van der Waals surface area contributed by atoms with Gasteiger partial charge in [-0.25, -0.2) is 8.42 Å². The molecule has 0 aromatic carbocycles. The van der Waals surface area contributed by atoms with Gasteiger partial charge in [-0.15, -0.1) is 0 Å². The molecule has 1 rings (SSSR count). The molecule has 0 spiro atoms. The first kappa shape index (κ1) is 11.5. The predicted molar refractivity (Wildman–Crippen MR) is 54.1 cm³/mol. The lowest BCUT2D eigenvalue weighted by molar-refractivity contribution is -0.126. The van der Waals surface area contributed by atoms with Gasteiger partial charge in [0.1, 0.15) is 0 Å². The number of nitrogens with one attached hydrogen (secondary N) is 1. The van der Waals surface area contributed by atoms with Crippen LogP contribution in [0, 0.1) is 11.3 Å². The summed E-state index contributed by atoms with van der Waals surface area (Å²) in [7, 11) is -3.40. The molecule has 1 amide bonds. The van der Waals surface area contributed by atoms with Crippen molar-refractivity contribution in [2.24, 2.45) is 11.3 Å². The standard InChI is InChI=1S/C9H17NO3S/c1-9(2,3)8(11)10-14(12,13)6-7-4-5-7/h7H,4-6H2,1-3H3,(H,10,11). The summed E-state index contributed by atoms with van der Waals surface area (Å²) in [6.45, 7) is 5.07. The molecule has 14 heavy (non-hydrogen) atoms. The molecule has 5 heteroatoms. The summed E-state index contributed by atoms with van der Waals surface area (Å²) in [5, 5.41) is 0. The van der Waals surface area contributed by atoms with E-state index >= 15 is 0 Å². The van der Waals surface area contributed by atoms with E-state index in [1.807, 2.05) is 0 Å². The number of hydrogen-bond acceptors (Lipinski definition) is 3. The van der Waals surface area contributed by atoms with E-state index in [0.717, 1.165) is 12.8 Å². The van der Waals surface area contributed by atoms with Crippen molar-refractivity contribution in [3.8, 4) is 0 Å². The van der Waals surface area contributed by atoms with Crippen molar-refractivity contribution in [1.29, 1.82) is 0 Å². The fraction of sp³-hybridized carbons (Fsp3) is 0.889. The van der Waals surface area contributed by atoms with Crippen molar-refractivity contribution < 1.29 is 13.2 Å². The second kappa shape index (κ2) is 3.53. The highest BCUT2D eigenvalue weighted by atomic mass is 32.2. The topological polar surface area (TPSA) is 63.2 Å². The second-order valence-corrected chi connectivity index (χ2v) is 6.67. The van der Waals surface area contributed by atoms with E-state index < -0.39 is 21.3 Å². The zero-order valence-electron chi connectivity index (χ0n) is 8.83. The Morgan fingerprint density at radius 3 is 2.21 bits per heavy atom. The summed E-state index contributed by atoms with van der Waals surface area (Å²) in [4.78, 5) is 11.4. The highest BCUT2D eigenvalue weighted by Gasteiger charge is 2.31. The number of sulfonamides is 1. The summed E-state index contributed by atoms with van der Waals surface area (Å²) in [6, 6.07) is 0. The third kappa shape index (κ3) is 3.65. The van der Waals surface area contributed by atoms with Gasteiger partial charge in [0.05, 0.1) is 5.75 Å². The number of hydrogen-bond donors (Lipinski definition) is 1. The minimum atomic E-state index is -3.40. The van der Waals surface area contributed by atoms with Gasteiger partial charge in [-0.2, -0.15) is 0 Å². The van der Waals surface area contributed by atoms with Gasteiger partial charge in [-0.05, 0) is 18.8 Å². The van der Waals surface area contributed by atoms with E-state index in [0.29, 0.717) is 0 Å². The summed E-state index contributed by atoms with van der Waals surface area (Å²) in [5.41, 5.74) is -0.656. The zero-order valence-corrected chi connectivity index (χ0v) is 9.65. The van der Waals surface area contributed by atoms with Crippen molar-refractivity contribution in [3.63, 3.8) is 0 Å². The van der Waals surface area contributed by atoms with Crippen LogP contribution in [0.4, 0.5) is 0 Å². The molecule has 1 fully saturated rings. The smallest absolute Gasteiger partial charge is 0.238 e. The molecule has 82 valence electrons. The van der Waals surface area contributed by atoms with Gasteiger partial charge in [0.25, 0.3) is 0 Å². The fourth-order valence-corrected chi connectivity index (χ4v) is 2.56. The molecule has 0 heterocycles. The van der Waals surface area contributed by atoms with Crippen molar-refractivity contribution in [1.82, 2.24) is 4.72 Å². The maximum atomic E-state index is 11.4. The number of carbonyl (C=O) groups is 1. The van der Waals surface area contributed by atoms with E-state index in [1.165, 1.54) is 0 Å². The molecule has 4 nitrogen and oxygen atoms in total. The summed E-state index contributed by atoms with van der Waals surface area (Å²) in [5.74, 6) is -0.0760. The molecule has 0 aromatic rings. The van der Waals surface area contributed by atoms with E-state index in [1.54, 1.807) is 20.8 Å². The average molecular weight is 219 g/mol. The monoisotopic (exact) mass is 219 g/mol. The Labute approximate surface area is 85.1 Å². The van der Waals surface area contributed by atoms with Gasteiger partial charge < -0.3 is 0 Å². The van der Waals surface area contributed by atoms with Crippen LogP contribution in [-0.2, 0) is 14.8 Å². The van der Waals surface area contributed by atoms with Gasteiger partial charge in [0.15, 0.2) is 0 Å². The molecular weight excluding hydrogens is 202 g/mol. The van der Waals surface area contributed by atoms with Gasteiger partial charge in [-0.1, -0.05) is 20.8 Å². The van der Waals surface area contributed by atoms with Gasteiger partial charge >= 0.3 is 0 Å².